The van der Waals surface area contributed by atoms with E-state index in [1.54, 1.807) is 0 Å². The fourth-order valence-corrected chi connectivity index (χ4v) is 2.11. The molecule has 1 aromatic rings. The van der Waals surface area contributed by atoms with Gasteiger partial charge in [-0.1, -0.05) is 36.8 Å². The molecule has 0 atom stereocenters. The van der Waals surface area contributed by atoms with Crippen LogP contribution in [0.2, 0.25) is 0 Å². The average molecular weight is 373 g/mol. The number of nitrogens with two attached hydrogens (primary N) is 1. The first kappa shape index (κ1) is 16.3. The molecule has 0 aliphatic heterocycles. The Morgan fingerprint density at radius 2 is 2.00 bits per heavy atom. The van der Waals surface area contributed by atoms with E-state index in [2.05, 4.69) is 34.6 Å². The maximum absolute atomic E-state index is 5.82. The molecule has 0 radical (unpaired) electrons. The Morgan fingerprint density at radius 1 is 1.26 bits per heavy atom. The van der Waals surface area contributed by atoms with E-state index in [0.717, 1.165) is 31.8 Å². The van der Waals surface area contributed by atoms with E-state index in [1.165, 1.54) is 24.8 Å². The Hall–Kier alpha value is -0.780. The lowest BCUT2D eigenvalue weighted by Gasteiger charge is -2.23. The summed E-state index contributed by atoms with van der Waals surface area (Å²) in [6, 6.07) is 10.5. The van der Waals surface area contributed by atoms with Gasteiger partial charge in [0.2, 0.25) is 0 Å². The Morgan fingerprint density at radius 3 is 2.63 bits per heavy atom. The van der Waals surface area contributed by atoms with E-state index in [0.29, 0.717) is 5.96 Å². The summed E-state index contributed by atoms with van der Waals surface area (Å²) < 4.78 is 0. The molecule has 0 heterocycles. The molecule has 1 aliphatic carbocycles. The highest BCUT2D eigenvalue weighted by atomic mass is 127. The standard InChI is InChI=1S/C15H23N3.HI/c16-15(18-12-14-8-4-9-14)17-11-5-10-13-6-2-1-3-7-13;/h1-3,6-7,14H,4-5,8-12H2,(H3,16,17,18);1H. The number of nitrogens with zero attached hydrogens (tertiary/aromatic N) is 1. The summed E-state index contributed by atoms with van der Waals surface area (Å²) in [5, 5.41) is 3.18. The van der Waals surface area contributed by atoms with Gasteiger partial charge in [-0.25, -0.2) is 0 Å². The van der Waals surface area contributed by atoms with Crippen LogP contribution in [-0.4, -0.2) is 19.0 Å². The van der Waals surface area contributed by atoms with E-state index in [4.69, 9.17) is 5.73 Å². The number of nitrogens with one attached hydrogen (secondary N) is 1. The minimum absolute atomic E-state index is 0. The summed E-state index contributed by atoms with van der Waals surface area (Å²) in [6.45, 7) is 1.80. The molecular formula is C15H24IN3. The van der Waals surface area contributed by atoms with Crippen molar-refractivity contribution in [2.45, 2.75) is 32.1 Å². The van der Waals surface area contributed by atoms with Crippen LogP contribution in [0.5, 0.6) is 0 Å². The first-order valence-electron chi connectivity index (χ1n) is 6.92. The van der Waals surface area contributed by atoms with E-state index in [9.17, 15) is 0 Å². The van der Waals surface area contributed by atoms with Crippen molar-refractivity contribution in [2.75, 3.05) is 13.1 Å². The van der Waals surface area contributed by atoms with Gasteiger partial charge in [0, 0.05) is 13.1 Å². The number of benzene rings is 1. The highest BCUT2D eigenvalue weighted by molar-refractivity contribution is 14.0. The molecule has 1 aromatic carbocycles. The first-order chi connectivity index (χ1) is 8.84. The molecular weight excluding hydrogens is 349 g/mol. The number of halogens is 1. The third-order valence-electron chi connectivity index (χ3n) is 3.54. The zero-order chi connectivity index (χ0) is 12.6. The molecule has 4 heteroatoms. The lowest BCUT2D eigenvalue weighted by molar-refractivity contribution is 0.326. The van der Waals surface area contributed by atoms with Crippen LogP contribution in [0.15, 0.2) is 35.3 Å². The molecule has 3 N–H and O–H groups in total. The zero-order valence-electron chi connectivity index (χ0n) is 11.3. The molecule has 19 heavy (non-hydrogen) atoms. The summed E-state index contributed by atoms with van der Waals surface area (Å²) in [5.41, 5.74) is 7.20. The van der Waals surface area contributed by atoms with Gasteiger partial charge in [0.1, 0.15) is 0 Å². The monoisotopic (exact) mass is 373 g/mol. The van der Waals surface area contributed by atoms with Gasteiger partial charge in [-0.05, 0) is 37.2 Å². The van der Waals surface area contributed by atoms with Crippen molar-refractivity contribution in [2.24, 2.45) is 16.6 Å². The molecule has 0 bridgehead atoms. The van der Waals surface area contributed by atoms with Crippen LogP contribution in [0.25, 0.3) is 0 Å². The molecule has 3 nitrogen and oxygen atoms in total. The summed E-state index contributed by atoms with van der Waals surface area (Å²) in [7, 11) is 0. The molecule has 0 unspecified atom stereocenters. The van der Waals surface area contributed by atoms with Gasteiger partial charge in [0.05, 0.1) is 0 Å². The maximum Gasteiger partial charge on any atom is 0.188 e. The second-order valence-electron chi connectivity index (χ2n) is 5.04. The van der Waals surface area contributed by atoms with E-state index in [-0.39, 0.29) is 24.0 Å². The normalized spacial score (nSPS) is 15.5. The predicted molar refractivity (Wildman–Crippen MR) is 92.0 cm³/mol. The van der Waals surface area contributed by atoms with Crippen LogP contribution in [0.1, 0.15) is 31.2 Å². The van der Waals surface area contributed by atoms with Crippen molar-refractivity contribution in [3.63, 3.8) is 0 Å². The predicted octanol–water partition coefficient (Wildman–Crippen LogP) is 2.94. The Bertz CT molecular complexity index is 374. The van der Waals surface area contributed by atoms with Gasteiger partial charge in [-0.15, -0.1) is 24.0 Å². The van der Waals surface area contributed by atoms with E-state index in [1.807, 2.05) is 6.07 Å². The van der Waals surface area contributed by atoms with Crippen molar-refractivity contribution >= 4 is 29.9 Å². The van der Waals surface area contributed by atoms with Crippen LogP contribution in [-0.2, 0) is 6.42 Å². The van der Waals surface area contributed by atoms with E-state index < -0.39 is 0 Å². The Balaban J connectivity index is 0.00000180. The van der Waals surface area contributed by atoms with Crippen LogP contribution >= 0.6 is 24.0 Å². The molecule has 0 spiro atoms. The minimum atomic E-state index is 0. The number of hydrogen-bond acceptors (Lipinski definition) is 1. The van der Waals surface area contributed by atoms with Gasteiger partial charge in [-0.2, -0.15) is 0 Å². The lowest BCUT2D eigenvalue weighted by atomic mass is 9.86. The Kier molecular flexibility index (Phi) is 7.86. The van der Waals surface area contributed by atoms with Crippen molar-refractivity contribution in [3.8, 4) is 0 Å². The smallest absolute Gasteiger partial charge is 0.188 e. The third-order valence-corrected chi connectivity index (χ3v) is 3.54. The lowest BCUT2D eigenvalue weighted by Crippen LogP contribution is -2.33. The summed E-state index contributed by atoms with van der Waals surface area (Å²) in [6.07, 6.45) is 6.19. The SMILES string of the molecule is I.NC(=NCC1CCC1)NCCCc1ccccc1. The van der Waals surface area contributed by atoms with Gasteiger partial charge < -0.3 is 11.1 Å². The molecule has 1 fully saturated rings. The number of aryl methyl sites for hydroxylation is 1. The highest BCUT2D eigenvalue weighted by Crippen LogP contribution is 2.26. The van der Waals surface area contributed by atoms with Gasteiger partial charge >= 0.3 is 0 Å². The summed E-state index contributed by atoms with van der Waals surface area (Å²) in [5.74, 6) is 1.39. The fraction of sp³-hybridized carbons (Fsp3) is 0.533. The Labute approximate surface area is 133 Å². The molecule has 2 rings (SSSR count). The van der Waals surface area contributed by atoms with Crippen LogP contribution in [0.4, 0.5) is 0 Å². The number of rotatable bonds is 6. The second kappa shape index (κ2) is 9.18. The minimum Gasteiger partial charge on any atom is -0.370 e. The third kappa shape index (κ3) is 6.27. The largest absolute Gasteiger partial charge is 0.370 e. The van der Waals surface area contributed by atoms with E-state index >= 15 is 0 Å². The highest BCUT2D eigenvalue weighted by Gasteiger charge is 2.16. The number of hydrogen-bond donors (Lipinski definition) is 2. The fourth-order valence-electron chi connectivity index (χ4n) is 2.11. The van der Waals surface area contributed by atoms with Crippen molar-refractivity contribution in [1.29, 1.82) is 0 Å². The number of guanidine groups is 1. The van der Waals surface area contributed by atoms with Crippen molar-refractivity contribution in [3.05, 3.63) is 35.9 Å². The zero-order valence-corrected chi connectivity index (χ0v) is 13.7. The number of aliphatic imine (C=N–C) groups is 1. The summed E-state index contributed by atoms with van der Waals surface area (Å²) in [4.78, 5) is 4.37. The molecule has 0 saturated heterocycles. The van der Waals surface area contributed by atoms with Crippen LogP contribution < -0.4 is 11.1 Å². The molecule has 1 saturated carbocycles. The van der Waals surface area contributed by atoms with Gasteiger partial charge in [-0.3, -0.25) is 4.99 Å². The maximum atomic E-state index is 5.82. The first-order valence-corrected chi connectivity index (χ1v) is 6.92. The van der Waals surface area contributed by atoms with Crippen LogP contribution in [0, 0.1) is 5.92 Å². The van der Waals surface area contributed by atoms with Gasteiger partial charge in [0.25, 0.3) is 0 Å². The van der Waals surface area contributed by atoms with Crippen LogP contribution in [0.3, 0.4) is 0 Å². The van der Waals surface area contributed by atoms with Crippen molar-refractivity contribution < 1.29 is 0 Å². The average Bonchev–Trinajstić information content (AvgIpc) is 2.34. The molecule has 0 amide bonds. The second-order valence-corrected chi connectivity index (χ2v) is 5.04. The molecule has 1 aliphatic rings. The molecule has 0 aromatic heterocycles. The molecule has 106 valence electrons. The summed E-state index contributed by atoms with van der Waals surface area (Å²) >= 11 is 0. The quantitative estimate of drug-likeness (QED) is 0.349. The topological polar surface area (TPSA) is 50.4 Å². The van der Waals surface area contributed by atoms with Crippen molar-refractivity contribution in [1.82, 2.24) is 5.32 Å². The van der Waals surface area contributed by atoms with Gasteiger partial charge in [0.15, 0.2) is 5.96 Å².